The Bertz CT molecular complexity index is 698. The van der Waals surface area contributed by atoms with Crippen LogP contribution in [-0.2, 0) is 6.42 Å². The summed E-state index contributed by atoms with van der Waals surface area (Å²) in [5.74, 6) is 2.00. The van der Waals surface area contributed by atoms with Gasteiger partial charge in [0, 0.05) is 39.6 Å². The van der Waals surface area contributed by atoms with Gasteiger partial charge in [-0.3, -0.25) is 4.99 Å². The highest BCUT2D eigenvalue weighted by Crippen LogP contribution is 2.27. The largest absolute Gasteiger partial charge is 0.488 e. The van der Waals surface area contributed by atoms with Crippen LogP contribution in [0.3, 0.4) is 0 Å². The number of benzene rings is 1. The molecule has 1 atom stereocenters. The van der Waals surface area contributed by atoms with Crippen LogP contribution in [0.4, 0.5) is 5.00 Å². The zero-order valence-corrected chi connectivity index (χ0v) is 15.3. The molecule has 2 aliphatic heterocycles. The van der Waals surface area contributed by atoms with Gasteiger partial charge in [0.2, 0.25) is 0 Å². The summed E-state index contributed by atoms with van der Waals surface area (Å²) in [6.45, 7) is 4.83. The molecule has 132 valence electrons. The summed E-state index contributed by atoms with van der Waals surface area (Å²) in [4.78, 5) is 9.26. The fraction of sp³-hybridized carbons (Fsp3) is 0.421. The van der Waals surface area contributed by atoms with Gasteiger partial charge in [-0.1, -0.05) is 18.2 Å². The van der Waals surface area contributed by atoms with E-state index in [-0.39, 0.29) is 6.10 Å². The third-order valence-electron chi connectivity index (χ3n) is 4.81. The molecule has 1 N–H and O–H groups in total. The van der Waals surface area contributed by atoms with Crippen molar-refractivity contribution in [1.82, 2.24) is 10.2 Å². The van der Waals surface area contributed by atoms with Gasteiger partial charge in [-0.2, -0.15) is 0 Å². The zero-order valence-electron chi connectivity index (χ0n) is 14.5. The van der Waals surface area contributed by atoms with Gasteiger partial charge in [-0.25, -0.2) is 0 Å². The van der Waals surface area contributed by atoms with Crippen LogP contribution in [0, 0.1) is 0 Å². The number of para-hydroxylation sites is 1. The average Bonchev–Trinajstić information content (AvgIpc) is 3.32. The number of aliphatic imine (C=N–C) groups is 1. The van der Waals surface area contributed by atoms with E-state index in [0.29, 0.717) is 0 Å². The molecule has 0 amide bonds. The Balaban J connectivity index is 1.28. The highest BCUT2D eigenvalue weighted by atomic mass is 32.1. The zero-order chi connectivity index (χ0) is 17.1. The van der Waals surface area contributed by atoms with Crippen molar-refractivity contribution in [2.75, 3.05) is 44.7 Å². The Kier molecular flexibility index (Phi) is 4.78. The van der Waals surface area contributed by atoms with Crippen molar-refractivity contribution >= 4 is 22.3 Å². The molecule has 5 nitrogen and oxygen atoms in total. The maximum Gasteiger partial charge on any atom is 0.193 e. The maximum absolute atomic E-state index is 6.01. The molecule has 0 bridgehead atoms. The number of fused-ring (bicyclic) bond motifs is 1. The first-order chi connectivity index (χ1) is 12.3. The minimum absolute atomic E-state index is 0.182. The lowest BCUT2D eigenvalue weighted by atomic mass is 10.1. The van der Waals surface area contributed by atoms with Crippen LogP contribution in [0.25, 0.3) is 0 Å². The number of piperazine rings is 1. The van der Waals surface area contributed by atoms with Gasteiger partial charge in [0.25, 0.3) is 0 Å². The van der Waals surface area contributed by atoms with E-state index in [1.54, 1.807) is 0 Å². The van der Waals surface area contributed by atoms with Crippen molar-refractivity contribution in [3.05, 3.63) is 47.3 Å². The fourth-order valence-electron chi connectivity index (χ4n) is 3.49. The Hall–Kier alpha value is -2.21. The number of anilines is 1. The van der Waals surface area contributed by atoms with Gasteiger partial charge in [-0.05, 0) is 29.1 Å². The highest BCUT2D eigenvalue weighted by Gasteiger charge is 2.24. The molecule has 1 saturated heterocycles. The molecular weight excluding hydrogens is 332 g/mol. The molecular formula is C19H24N4OS. The van der Waals surface area contributed by atoms with E-state index in [1.165, 1.54) is 10.6 Å². The summed E-state index contributed by atoms with van der Waals surface area (Å²) in [6.07, 6.45) is 1.15. The van der Waals surface area contributed by atoms with Crippen molar-refractivity contribution in [1.29, 1.82) is 0 Å². The Morgan fingerprint density at radius 3 is 2.76 bits per heavy atom. The van der Waals surface area contributed by atoms with Crippen LogP contribution >= 0.6 is 11.3 Å². The lowest BCUT2D eigenvalue weighted by Gasteiger charge is -2.37. The third-order valence-corrected chi connectivity index (χ3v) is 5.74. The van der Waals surface area contributed by atoms with Crippen molar-refractivity contribution in [3.63, 3.8) is 0 Å². The summed E-state index contributed by atoms with van der Waals surface area (Å²) in [7, 11) is 1.86. The second-order valence-corrected chi connectivity index (χ2v) is 7.33. The second kappa shape index (κ2) is 7.35. The number of hydrogen-bond acceptors (Lipinski definition) is 4. The van der Waals surface area contributed by atoms with Gasteiger partial charge in [0.1, 0.15) is 11.9 Å². The number of nitrogens with zero attached hydrogens (tertiary/aromatic N) is 3. The van der Waals surface area contributed by atoms with E-state index in [0.717, 1.165) is 50.9 Å². The SMILES string of the molecule is CN=C(NCC1Cc2ccccc2O1)N1CCN(c2cccs2)CC1. The molecule has 0 aliphatic carbocycles. The van der Waals surface area contributed by atoms with Gasteiger partial charge in [-0.15, -0.1) is 11.3 Å². The first kappa shape index (κ1) is 16.3. The van der Waals surface area contributed by atoms with Crippen LogP contribution in [0.1, 0.15) is 5.56 Å². The lowest BCUT2D eigenvalue weighted by Crippen LogP contribution is -2.53. The van der Waals surface area contributed by atoms with Crippen LogP contribution in [0.15, 0.2) is 46.8 Å². The van der Waals surface area contributed by atoms with Crippen molar-refractivity contribution in [2.45, 2.75) is 12.5 Å². The quantitative estimate of drug-likeness (QED) is 0.677. The molecule has 1 unspecified atom stereocenters. The van der Waals surface area contributed by atoms with Gasteiger partial charge < -0.3 is 19.9 Å². The van der Waals surface area contributed by atoms with E-state index in [2.05, 4.69) is 49.8 Å². The Morgan fingerprint density at radius 2 is 2.04 bits per heavy atom. The molecule has 2 aromatic rings. The van der Waals surface area contributed by atoms with Crippen molar-refractivity contribution in [3.8, 4) is 5.75 Å². The minimum atomic E-state index is 0.182. The molecule has 0 radical (unpaired) electrons. The summed E-state index contributed by atoms with van der Waals surface area (Å²) in [5.41, 5.74) is 1.30. The lowest BCUT2D eigenvalue weighted by molar-refractivity contribution is 0.232. The van der Waals surface area contributed by atoms with E-state index in [9.17, 15) is 0 Å². The number of nitrogens with one attached hydrogen (secondary N) is 1. The first-order valence-corrected chi connectivity index (χ1v) is 9.70. The summed E-state index contributed by atoms with van der Waals surface area (Å²) in [6, 6.07) is 12.6. The Morgan fingerprint density at radius 1 is 1.20 bits per heavy atom. The summed E-state index contributed by atoms with van der Waals surface area (Å²) >= 11 is 1.81. The molecule has 3 heterocycles. The predicted molar refractivity (Wildman–Crippen MR) is 104 cm³/mol. The molecule has 4 rings (SSSR count). The summed E-state index contributed by atoms with van der Waals surface area (Å²) in [5, 5.41) is 7.00. The smallest absolute Gasteiger partial charge is 0.193 e. The monoisotopic (exact) mass is 356 g/mol. The molecule has 1 aromatic carbocycles. The van der Waals surface area contributed by atoms with Gasteiger partial charge in [0.15, 0.2) is 5.96 Å². The second-order valence-electron chi connectivity index (χ2n) is 6.41. The first-order valence-electron chi connectivity index (χ1n) is 8.82. The molecule has 0 spiro atoms. The van der Waals surface area contributed by atoms with E-state index in [1.807, 2.05) is 30.5 Å². The molecule has 6 heteroatoms. The van der Waals surface area contributed by atoms with Crippen molar-refractivity contribution < 1.29 is 4.74 Å². The standard InChI is InChI=1S/C19H24N4OS/c1-20-19(21-14-16-13-15-5-2-3-6-17(15)24-16)23-10-8-22(9-11-23)18-7-4-12-25-18/h2-7,12,16H,8-11,13-14H2,1H3,(H,20,21). The van der Waals surface area contributed by atoms with Crippen LogP contribution < -0.4 is 15.0 Å². The van der Waals surface area contributed by atoms with E-state index < -0.39 is 0 Å². The minimum Gasteiger partial charge on any atom is -0.488 e. The van der Waals surface area contributed by atoms with Crippen LogP contribution in [-0.4, -0.2) is 56.7 Å². The van der Waals surface area contributed by atoms with E-state index in [4.69, 9.17) is 4.74 Å². The number of guanidine groups is 1. The number of ether oxygens (including phenoxy) is 1. The van der Waals surface area contributed by atoms with Crippen molar-refractivity contribution in [2.24, 2.45) is 4.99 Å². The normalized spacial score (nSPS) is 20.4. The summed E-state index contributed by atoms with van der Waals surface area (Å²) < 4.78 is 6.01. The average molecular weight is 356 g/mol. The third kappa shape index (κ3) is 3.58. The molecule has 1 fully saturated rings. The molecule has 2 aliphatic rings. The van der Waals surface area contributed by atoms with Gasteiger partial charge in [0.05, 0.1) is 11.5 Å². The molecule has 25 heavy (non-hydrogen) atoms. The van der Waals surface area contributed by atoms with E-state index >= 15 is 0 Å². The fourth-order valence-corrected chi connectivity index (χ4v) is 4.28. The number of rotatable bonds is 3. The maximum atomic E-state index is 6.01. The number of thiophene rings is 1. The topological polar surface area (TPSA) is 40.1 Å². The highest BCUT2D eigenvalue weighted by molar-refractivity contribution is 7.14. The number of hydrogen-bond donors (Lipinski definition) is 1. The van der Waals surface area contributed by atoms with Gasteiger partial charge >= 0.3 is 0 Å². The molecule has 1 aromatic heterocycles. The Labute approximate surface area is 152 Å². The van der Waals surface area contributed by atoms with Crippen LogP contribution in [0.5, 0.6) is 5.75 Å². The predicted octanol–water partition coefficient (Wildman–Crippen LogP) is 2.45. The molecule has 0 saturated carbocycles. The van der Waals surface area contributed by atoms with Crippen LogP contribution in [0.2, 0.25) is 0 Å².